The van der Waals surface area contributed by atoms with Gasteiger partial charge < -0.3 is 28.6 Å². The number of ether oxygens (including phenoxy) is 3. The van der Waals surface area contributed by atoms with Gasteiger partial charge in [0.2, 0.25) is 0 Å². The number of ketones is 1. The fourth-order valence-electron chi connectivity index (χ4n) is 5.14. The molecular weight excluding hydrogens is 558 g/mol. The molecule has 1 aromatic heterocycles. The van der Waals surface area contributed by atoms with Crippen molar-refractivity contribution in [3.8, 4) is 17.2 Å². The van der Waals surface area contributed by atoms with Crippen LogP contribution in [0.2, 0.25) is 0 Å². The van der Waals surface area contributed by atoms with Gasteiger partial charge in [-0.05, 0) is 84.5 Å². The molecule has 1 atom stereocenters. The minimum Gasteiger partial charge on any atom is -0.507 e. The summed E-state index contributed by atoms with van der Waals surface area (Å²) in [5, 5.41) is 11.5. The van der Waals surface area contributed by atoms with E-state index in [0.29, 0.717) is 53.3 Å². The molecule has 8 heteroatoms. The fraction of sp³-hybridized carbons (Fsp3) is 0.278. The highest BCUT2D eigenvalue weighted by Crippen LogP contribution is 2.43. The molecule has 3 aromatic carbocycles. The number of methoxy groups -OCH3 is 1. The normalized spacial score (nSPS) is 16.0. The van der Waals surface area contributed by atoms with Crippen molar-refractivity contribution in [3.63, 3.8) is 0 Å². The Morgan fingerprint density at radius 1 is 0.955 bits per heavy atom. The molecule has 0 radical (unpaired) electrons. The summed E-state index contributed by atoms with van der Waals surface area (Å²) in [5.74, 6) is 0.820. The molecule has 1 aliphatic heterocycles. The van der Waals surface area contributed by atoms with Crippen LogP contribution in [0, 0.1) is 12.8 Å². The summed E-state index contributed by atoms with van der Waals surface area (Å²) < 4.78 is 23.0. The monoisotopic (exact) mass is 595 g/mol. The summed E-state index contributed by atoms with van der Waals surface area (Å²) in [6.45, 7) is 7.24. The van der Waals surface area contributed by atoms with Crippen LogP contribution < -0.4 is 14.2 Å². The van der Waals surface area contributed by atoms with Crippen molar-refractivity contribution < 1.29 is 33.3 Å². The number of hydrogen-bond acceptors (Lipinski definition) is 7. The lowest BCUT2D eigenvalue weighted by Crippen LogP contribution is -2.29. The number of furan rings is 1. The predicted molar refractivity (Wildman–Crippen MR) is 166 cm³/mol. The average molecular weight is 596 g/mol. The second-order valence-electron chi connectivity index (χ2n) is 11.2. The third-order valence-electron chi connectivity index (χ3n) is 7.69. The van der Waals surface area contributed by atoms with E-state index in [1.54, 1.807) is 54.6 Å². The molecular formula is C36H37NO7. The van der Waals surface area contributed by atoms with Gasteiger partial charge in [-0.3, -0.25) is 9.59 Å². The van der Waals surface area contributed by atoms with E-state index in [1.807, 2.05) is 31.2 Å². The van der Waals surface area contributed by atoms with Crippen LogP contribution in [0.4, 0.5) is 0 Å². The zero-order valence-corrected chi connectivity index (χ0v) is 25.4. The van der Waals surface area contributed by atoms with Crippen molar-refractivity contribution in [3.05, 3.63) is 119 Å². The number of aliphatic hydroxyl groups is 1. The molecule has 1 aliphatic rings. The van der Waals surface area contributed by atoms with Crippen molar-refractivity contribution in [2.24, 2.45) is 5.92 Å². The molecule has 1 N–H and O–H groups in total. The zero-order chi connectivity index (χ0) is 31.2. The first-order chi connectivity index (χ1) is 21.3. The van der Waals surface area contributed by atoms with E-state index < -0.39 is 17.7 Å². The summed E-state index contributed by atoms with van der Waals surface area (Å²) >= 11 is 0. The predicted octanol–water partition coefficient (Wildman–Crippen LogP) is 7.22. The third kappa shape index (κ3) is 6.64. The van der Waals surface area contributed by atoms with Gasteiger partial charge in [0.15, 0.2) is 11.5 Å². The maximum atomic E-state index is 13.5. The standard InChI is InChI=1S/C36H37NO7/c1-23(2)17-19-43-30-16-13-26(20-31(30)41-4)33-32(35(39)36(40)37(33)21-29-10-7-18-42-29)34(38)25-11-14-28(15-12-25)44-22-27-9-6-5-8-24(27)3/h5-16,18,20,23,33,38H,17,19,21-22H2,1-4H3/b34-32+. The molecule has 44 heavy (non-hydrogen) atoms. The van der Waals surface area contributed by atoms with Crippen molar-refractivity contribution in [1.82, 2.24) is 4.90 Å². The van der Waals surface area contributed by atoms with Crippen LogP contribution in [-0.2, 0) is 22.7 Å². The Morgan fingerprint density at radius 2 is 1.73 bits per heavy atom. The highest BCUT2D eigenvalue weighted by Gasteiger charge is 2.46. The number of carbonyl (C=O) groups is 2. The van der Waals surface area contributed by atoms with Gasteiger partial charge in [0.05, 0.1) is 38.1 Å². The average Bonchev–Trinajstić information content (AvgIpc) is 3.63. The molecule has 0 bridgehead atoms. The lowest BCUT2D eigenvalue weighted by Gasteiger charge is -2.25. The van der Waals surface area contributed by atoms with E-state index in [4.69, 9.17) is 18.6 Å². The highest BCUT2D eigenvalue weighted by molar-refractivity contribution is 6.46. The molecule has 1 unspecified atom stereocenters. The number of rotatable bonds is 12. The van der Waals surface area contributed by atoms with Crippen molar-refractivity contribution in [2.75, 3.05) is 13.7 Å². The number of benzene rings is 3. The van der Waals surface area contributed by atoms with Gasteiger partial charge in [0.1, 0.15) is 23.9 Å². The van der Waals surface area contributed by atoms with Crippen molar-refractivity contribution in [2.45, 2.75) is 46.4 Å². The molecule has 1 amide bonds. The first-order valence-corrected chi connectivity index (χ1v) is 14.7. The lowest BCUT2D eigenvalue weighted by molar-refractivity contribution is -0.140. The van der Waals surface area contributed by atoms with Crippen molar-refractivity contribution in [1.29, 1.82) is 0 Å². The van der Waals surface area contributed by atoms with Crippen LogP contribution in [0.1, 0.15) is 54.3 Å². The molecule has 2 heterocycles. The van der Waals surface area contributed by atoms with Gasteiger partial charge in [0.25, 0.3) is 11.7 Å². The van der Waals surface area contributed by atoms with Gasteiger partial charge in [0, 0.05) is 5.56 Å². The first kappa shape index (κ1) is 30.5. The summed E-state index contributed by atoms with van der Waals surface area (Å²) in [6, 6.07) is 22.6. The van der Waals surface area contributed by atoms with E-state index in [0.717, 1.165) is 17.5 Å². The van der Waals surface area contributed by atoms with Gasteiger partial charge in [-0.25, -0.2) is 0 Å². The quantitative estimate of drug-likeness (QED) is 0.105. The van der Waals surface area contributed by atoms with Crippen LogP contribution in [0.3, 0.4) is 0 Å². The summed E-state index contributed by atoms with van der Waals surface area (Å²) in [5.41, 5.74) is 3.15. The minimum atomic E-state index is -0.893. The Kier molecular flexibility index (Phi) is 9.38. The van der Waals surface area contributed by atoms with E-state index in [-0.39, 0.29) is 17.9 Å². The largest absolute Gasteiger partial charge is 0.507 e. The van der Waals surface area contributed by atoms with E-state index in [1.165, 1.54) is 18.3 Å². The molecule has 1 saturated heterocycles. The van der Waals surface area contributed by atoms with E-state index >= 15 is 0 Å². The molecule has 0 saturated carbocycles. The smallest absolute Gasteiger partial charge is 0.296 e. The number of Topliss-reactive ketones (excluding diaryl/α,β-unsaturated/α-hetero) is 1. The minimum absolute atomic E-state index is 0.0225. The number of aryl methyl sites for hydroxylation is 1. The molecule has 228 valence electrons. The molecule has 5 rings (SSSR count). The maximum absolute atomic E-state index is 13.5. The summed E-state index contributed by atoms with van der Waals surface area (Å²) in [4.78, 5) is 28.3. The molecule has 0 spiro atoms. The van der Waals surface area contributed by atoms with Crippen LogP contribution in [-0.4, -0.2) is 35.4 Å². The number of amides is 1. The zero-order valence-electron chi connectivity index (χ0n) is 25.4. The lowest BCUT2D eigenvalue weighted by atomic mass is 9.95. The summed E-state index contributed by atoms with van der Waals surface area (Å²) in [6.07, 6.45) is 2.39. The maximum Gasteiger partial charge on any atom is 0.296 e. The van der Waals surface area contributed by atoms with Crippen molar-refractivity contribution >= 4 is 17.4 Å². The number of hydrogen-bond donors (Lipinski definition) is 1. The third-order valence-corrected chi connectivity index (χ3v) is 7.69. The van der Waals surface area contributed by atoms with Gasteiger partial charge >= 0.3 is 0 Å². The first-order valence-electron chi connectivity index (χ1n) is 14.7. The van der Waals surface area contributed by atoms with Crippen LogP contribution in [0.15, 0.2) is 95.1 Å². The molecule has 4 aromatic rings. The van der Waals surface area contributed by atoms with E-state index in [2.05, 4.69) is 13.8 Å². The highest BCUT2D eigenvalue weighted by atomic mass is 16.5. The second-order valence-corrected chi connectivity index (χ2v) is 11.2. The Labute approximate surface area is 257 Å². The van der Waals surface area contributed by atoms with Crippen LogP contribution in [0.25, 0.3) is 5.76 Å². The van der Waals surface area contributed by atoms with E-state index in [9.17, 15) is 14.7 Å². The van der Waals surface area contributed by atoms with Gasteiger partial charge in [-0.2, -0.15) is 0 Å². The topological polar surface area (TPSA) is 98.4 Å². The SMILES string of the molecule is COc1cc(C2/C(=C(\O)c3ccc(OCc4ccccc4C)cc3)C(=O)C(=O)N2Cc2ccco2)ccc1OCCC(C)C. The molecule has 1 fully saturated rings. The Bertz CT molecular complexity index is 1640. The second kappa shape index (κ2) is 13.5. The number of nitrogens with zero attached hydrogens (tertiary/aromatic N) is 1. The molecule has 0 aliphatic carbocycles. The number of carbonyl (C=O) groups excluding carboxylic acids is 2. The summed E-state index contributed by atoms with van der Waals surface area (Å²) in [7, 11) is 1.54. The Balaban J connectivity index is 1.48. The van der Waals surface area contributed by atoms with Gasteiger partial charge in [-0.1, -0.05) is 44.2 Å². The van der Waals surface area contributed by atoms with Crippen LogP contribution >= 0.6 is 0 Å². The number of aliphatic hydroxyl groups excluding tert-OH is 1. The van der Waals surface area contributed by atoms with Gasteiger partial charge in [-0.15, -0.1) is 0 Å². The fourth-order valence-corrected chi connectivity index (χ4v) is 5.14. The Hall–Kier alpha value is -4.98. The van der Waals surface area contributed by atoms with Crippen LogP contribution in [0.5, 0.6) is 17.2 Å². The Morgan fingerprint density at radius 3 is 2.41 bits per heavy atom. The molecule has 8 nitrogen and oxygen atoms in total. The number of likely N-dealkylation sites (tertiary alicyclic amines) is 1.